The molecule has 10 nitrogen and oxygen atoms in total. The summed E-state index contributed by atoms with van der Waals surface area (Å²) in [5, 5.41) is 8.74. The third-order valence-electron chi connectivity index (χ3n) is 7.88. The lowest BCUT2D eigenvalue weighted by molar-refractivity contribution is -0.141. The second kappa shape index (κ2) is 11.6. The Balaban J connectivity index is 1.22. The number of aromatic nitrogens is 1. The van der Waals surface area contributed by atoms with E-state index in [0.717, 1.165) is 34.9 Å². The fraction of sp³-hybridized carbons (Fsp3) is 0.333. The lowest BCUT2D eigenvalue weighted by atomic mass is 9.79. The SMILES string of the molecule is O=C(CN1C(=O)COCCOCNCC1c1cc(F)cc(F)c1)Nc1ccc2c(c1)CC1(C2)C(=O)Nc2ncccc21. The number of carbonyl (C=O) groups excluding carboxylic acids is 3. The number of fused-ring (bicyclic) bond motifs is 3. The summed E-state index contributed by atoms with van der Waals surface area (Å²) in [6.45, 7) is -0.0894. The van der Waals surface area contributed by atoms with Crippen LogP contribution in [0, 0.1) is 11.6 Å². The van der Waals surface area contributed by atoms with Crippen molar-refractivity contribution in [2.24, 2.45) is 0 Å². The molecule has 1 spiro atoms. The van der Waals surface area contributed by atoms with Crippen LogP contribution in [0.25, 0.3) is 0 Å². The van der Waals surface area contributed by atoms with Gasteiger partial charge in [0, 0.05) is 30.1 Å². The molecule has 3 aromatic rings. The zero-order valence-electron chi connectivity index (χ0n) is 22.6. The van der Waals surface area contributed by atoms with Crippen LogP contribution in [-0.2, 0) is 42.1 Å². The largest absolute Gasteiger partial charge is 0.369 e. The molecule has 2 atom stereocenters. The van der Waals surface area contributed by atoms with Crippen molar-refractivity contribution in [3.63, 3.8) is 0 Å². The molecular weight excluding hydrogens is 548 g/mol. The minimum atomic E-state index is -0.881. The van der Waals surface area contributed by atoms with E-state index in [-0.39, 0.29) is 44.6 Å². The lowest BCUT2D eigenvalue weighted by Crippen LogP contribution is -2.45. The first-order valence-corrected chi connectivity index (χ1v) is 13.6. The molecule has 12 heteroatoms. The second-order valence-corrected chi connectivity index (χ2v) is 10.6. The van der Waals surface area contributed by atoms with Crippen molar-refractivity contribution < 1.29 is 32.6 Å². The van der Waals surface area contributed by atoms with E-state index < -0.39 is 41.5 Å². The molecule has 3 amide bonds. The predicted molar refractivity (Wildman–Crippen MR) is 147 cm³/mol. The van der Waals surface area contributed by atoms with Crippen LogP contribution in [0.15, 0.2) is 54.7 Å². The smallest absolute Gasteiger partial charge is 0.249 e. The third-order valence-corrected chi connectivity index (χ3v) is 7.88. The molecule has 0 radical (unpaired) electrons. The Hall–Kier alpha value is -4.26. The number of amides is 3. The highest BCUT2D eigenvalue weighted by Gasteiger charge is 2.51. The van der Waals surface area contributed by atoms with E-state index in [1.165, 1.54) is 4.90 Å². The maximum absolute atomic E-state index is 14.2. The van der Waals surface area contributed by atoms with Gasteiger partial charge in [-0.1, -0.05) is 12.1 Å². The van der Waals surface area contributed by atoms with Gasteiger partial charge in [-0.05, 0) is 59.9 Å². The highest BCUT2D eigenvalue weighted by molar-refractivity contribution is 6.06. The van der Waals surface area contributed by atoms with E-state index in [9.17, 15) is 23.2 Å². The molecule has 3 heterocycles. The number of halogens is 2. The van der Waals surface area contributed by atoms with Gasteiger partial charge in [-0.2, -0.15) is 0 Å². The molecule has 1 saturated heterocycles. The van der Waals surface area contributed by atoms with Crippen molar-refractivity contribution in [1.82, 2.24) is 15.2 Å². The summed E-state index contributed by atoms with van der Waals surface area (Å²) < 4.78 is 39.1. The van der Waals surface area contributed by atoms with Crippen molar-refractivity contribution in [3.05, 3.63) is 88.6 Å². The maximum atomic E-state index is 14.2. The van der Waals surface area contributed by atoms with Crippen LogP contribution in [0.2, 0.25) is 0 Å². The van der Waals surface area contributed by atoms with Crippen LogP contribution in [-0.4, -0.2) is 67.2 Å². The first-order valence-electron chi connectivity index (χ1n) is 13.6. The Labute approximate surface area is 240 Å². The molecule has 0 saturated carbocycles. The number of rotatable bonds is 4. The number of benzene rings is 2. The minimum Gasteiger partial charge on any atom is -0.369 e. The van der Waals surface area contributed by atoms with Crippen molar-refractivity contribution >= 4 is 29.2 Å². The number of anilines is 2. The van der Waals surface area contributed by atoms with E-state index in [1.54, 1.807) is 12.3 Å². The average Bonchev–Trinajstić information content (AvgIpc) is 3.46. The first kappa shape index (κ1) is 27.9. The zero-order valence-corrected chi connectivity index (χ0v) is 22.6. The number of nitrogens with zero attached hydrogens (tertiary/aromatic N) is 2. The second-order valence-electron chi connectivity index (χ2n) is 10.6. The highest BCUT2D eigenvalue weighted by atomic mass is 19.1. The van der Waals surface area contributed by atoms with Crippen LogP contribution >= 0.6 is 0 Å². The van der Waals surface area contributed by atoms with Gasteiger partial charge in [0.15, 0.2) is 0 Å². The van der Waals surface area contributed by atoms with Crippen LogP contribution in [0.5, 0.6) is 0 Å². The van der Waals surface area contributed by atoms with Gasteiger partial charge in [0.05, 0.1) is 31.4 Å². The molecule has 3 N–H and O–H groups in total. The number of hydrogen-bond donors (Lipinski definition) is 3. The van der Waals surface area contributed by atoms with E-state index in [4.69, 9.17) is 9.47 Å². The molecule has 2 unspecified atom stereocenters. The molecule has 1 aliphatic carbocycles. The van der Waals surface area contributed by atoms with Crippen LogP contribution in [0.3, 0.4) is 0 Å². The molecule has 1 fully saturated rings. The number of nitrogens with one attached hydrogen (secondary N) is 3. The summed E-state index contributed by atoms with van der Waals surface area (Å²) >= 11 is 0. The fourth-order valence-corrected chi connectivity index (χ4v) is 5.95. The Morgan fingerprint density at radius 3 is 2.67 bits per heavy atom. The van der Waals surface area contributed by atoms with Crippen LogP contribution in [0.4, 0.5) is 20.3 Å². The topological polar surface area (TPSA) is 122 Å². The number of ether oxygens (including phenoxy) is 2. The monoisotopic (exact) mass is 577 g/mol. The van der Waals surface area contributed by atoms with Gasteiger partial charge >= 0.3 is 0 Å². The lowest BCUT2D eigenvalue weighted by Gasteiger charge is -2.32. The van der Waals surface area contributed by atoms with Crippen molar-refractivity contribution in [2.45, 2.75) is 24.3 Å². The average molecular weight is 578 g/mol. The van der Waals surface area contributed by atoms with Gasteiger partial charge in [-0.25, -0.2) is 13.8 Å². The quantitative estimate of drug-likeness (QED) is 0.436. The number of hydrogen-bond acceptors (Lipinski definition) is 7. The van der Waals surface area contributed by atoms with E-state index in [0.29, 0.717) is 24.3 Å². The van der Waals surface area contributed by atoms with Crippen molar-refractivity contribution in [3.8, 4) is 0 Å². The van der Waals surface area contributed by atoms with Gasteiger partial charge in [-0.3, -0.25) is 19.7 Å². The summed E-state index contributed by atoms with van der Waals surface area (Å²) in [5.74, 6) is -2.14. The van der Waals surface area contributed by atoms with Crippen molar-refractivity contribution in [1.29, 1.82) is 0 Å². The molecule has 0 bridgehead atoms. The summed E-state index contributed by atoms with van der Waals surface area (Å²) in [7, 11) is 0. The first-order chi connectivity index (χ1) is 20.3. The van der Waals surface area contributed by atoms with Gasteiger partial charge in [-0.15, -0.1) is 0 Å². The van der Waals surface area contributed by atoms with Gasteiger partial charge < -0.3 is 25.0 Å². The summed E-state index contributed by atoms with van der Waals surface area (Å²) in [5.41, 5.74) is 2.73. The summed E-state index contributed by atoms with van der Waals surface area (Å²) in [6.07, 6.45) is 2.62. The van der Waals surface area contributed by atoms with Crippen LogP contribution in [0.1, 0.15) is 28.3 Å². The van der Waals surface area contributed by atoms with Crippen molar-refractivity contribution in [2.75, 3.05) is 50.3 Å². The number of pyridine rings is 1. The molecule has 3 aliphatic rings. The minimum absolute atomic E-state index is 0.0846. The molecule has 6 rings (SSSR count). The highest BCUT2D eigenvalue weighted by Crippen LogP contribution is 2.46. The summed E-state index contributed by atoms with van der Waals surface area (Å²) in [4.78, 5) is 45.1. The Bertz CT molecular complexity index is 1530. The Kier molecular flexibility index (Phi) is 7.67. The normalized spacial score (nSPS) is 22.3. The molecule has 2 aliphatic heterocycles. The standard InChI is InChI=1S/C30H29F2N5O5/c31-21-8-19(9-22(32)11-21)25-14-33-17-42-7-6-41-16-27(39)37(25)15-26(38)35-23-4-3-18-12-30(13-20(18)10-23)24-2-1-5-34-28(24)36-29(30)40/h1-5,8-11,25,33H,6-7,12-17H2,(H,35,38)(H,34,36,40). The summed E-state index contributed by atoms with van der Waals surface area (Å²) in [6, 6.07) is 11.3. The van der Waals surface area contributed by atoms with Crippen LogP contribution < -0.4 is 16.0 Å². The van der Waals surface area contributed by atoms with E-state index in [1.807, 2.05) is 24.3 Å². The van der Waals surface area contributed by atoms with Gasteiger partial charge in [0.1, 0.15) is 30.6 Å². The van der Waals surface area contributed by atoms with E-state index in [2.05, 4.69) is 20.9 Å². The molecule has 42 heavy (non-hydrogen) atoms. The molecule has 1 aromatic heterocycles. The molecule has 2 aromatic carbocycles. The maximum Gasteiger partial charge on any atom is 0.249 e. The molecule has 218 valence electrons. The van der Waals surface area contributed by atoms with Gasteiger partial charge in [0.2, 0.25) is 17.7 Å². The van der Waals surface area contributed by atoms with Gasteiger partial charge in [0.25, 0.3) is 0 Å². The predicted octanol–water partition coefficient (Wildman–Crippen LogP) is 2.45. The Morgan fingerprint density at radius 1 is 1.05 bits per heavy atom. The van der Waals surface area contributed by atoms with E-state index >= 15 is 0 Å². The Morgan fingerprint density at radius 2 is 1.83 bits per heavy atom. The number of carbonyl (C=O) groups is 3. The zero-order chi connectivity index (χ0) is 29.3. The fourth-order valence-electron chi connectivity index (χ4n) is 5.95. The molecular formula is C30H29F2N5O5. The third kappa shape index (κ3) is 5.48.